The molecule has 0 N–H and O–H groups in total. The van der Waals surface area contributed by atoms with E-state index in [0.717, 1.165) is 12.3 Å². The Morgan fingerprint density at radius 1 is 1.24 bits per heavy atom. The van der Waals surface area contributed by atoms with E-state index in [-0.39, 0.29) is 0 Å². The standard InChI is InChI=1S/C13H24N2OS/c1-14-8-3-5-11(14)12-6-4-9-15(12)13(16)7-10-17-2/h11-12H,3-10H2,1-2H3/t11-,12+/m1/s1. The molecule has 0 saturated carbocycles. The molecule has 98 valence electrons. The van der Waals surface area contributed by atoms with Crippen molar-refractivity contribution in [3.05, 3.63) is 0 Å². The first-order valence-corrected chi connectivity index (χ1v) is 8.12. The zero-order valence-corrected chi connectivity index (χ0v) is 11.8. The molecule has 17 heavy (non-hydrogen) atoms. The van der Waals surface area contributed by atoms with Crippen LogP contribution in [0.3, 0.4) is 0 Å². The van der Waals surface area contributed by atoms with Crippen molar-refractivity contribution in [1.82, 2.24) is 9.80 Å². The fraction of sp³-hybridized carbons (Fsp3) is 0.923. The number of carbonyl (C=O) groups is 1. The van der Waals surface area contributed by atoms with Gasteiger partial charge < -0.3 is 9.80 Å². The van der Waals surface area contributed by atoms with E-state index in [1.165, 1.54) is 32.2 Å². The number of rotatable bonds is 4. The second kappa shape index (κ2) is 6.10. The highest BCUT2D eigenvalue weighted by Gasteiger charge is 2.37. The summed E-state index contributed by atoms with van der Waals surface area (Å²) in [6, 6.07) is 1.12. The van der Waals surface area contributed by atoms with E-state index >= 15 is 0 Å². The number of hydrogen-bond acceptors (Lipinski definition) is 3. The molecule has 0 bridgehead atoms. The Kier molecular flexibility index (Phi) is 4.74. The molecule has 2 fully saturated rings. The minimum absolute atomic E-state index is 0.377. The summed E-state index contributed by atoms with van der Waals surface area (Å²) in [6.07, 6.45) is 7.76. The third-order valence-electron chi connectivity index (χ3n) is 4.16. The lowest BCUT2D eigenvalue weighted by Crippen LogP contribution is -2.47. The average Bonchev–Trinajstić information content (AvgIpc) is 2.93. The van der Waals surface area contributed by atoms with Gasteiger partial charge in [-0.3, -0.25) is 4.79 Å². The van der Waals surface area contributed by atoms with Crippen LogP contribution in [0.25, 0.3) is 0 Å². The fourth-order valence-electron chi connectivity index (χ4n) is 3.26. The molecule has 0 aromatic rings. The molecule has 2 saturated heterocycles. The van der Waals surface area contributed by atoms with Gasteiger partial charge in [0.25, 0.3) is 0 Å². The van der Waals surface area contributed by atoms with Crippen molar-refractivity contribution in [2.24, 2.45) is 0 Å². The first kappa shape index (κ1) is 13.2. The summed E-state index contributed by atoms with van der Waals surface area (Å²) in [4.78, 5) is 16.8. The lowest BCUT2D eigenvalue weighted by Gasteiger charge is -2.33. The van der Waals surface area contributed by atoms with Gasteiger partial charge in [-0.1, -0.05) is 0 Å². The van der Waals surface area contributed by atoms with Crippen molar-refractivity contribution in [1.29, 1.82) is 0 Å². The van der Waals surface area contributed by atoms with Gasteiger partial charge in [-0.15, -0.1) is 0 Å². The predicted octanol–water partition coefficient (Wildman–Crippen LogP) is 1.82. The van der Waals surface area contributed by atoms with E-state index in [2.05, 4.69) is 23.1 Å². The SMILES string of the molecule is CSCCC(=O)N1CCC[C@H]1[C@H]1CCCN1C. The molecule has 2 aliphatic rings. The highest BCUT2D eigenvalue weighted by Crippen LogP contribution is 2.29. The normalized spacial score (nSPS) is 30.1. The number of amides is 1. The summed E-state index contributed by atoms with van der Waals surface area (Å²) in [7, 11) is 2.21. The van der Waals surface area contributed by atoms with Crippen molar-refractivity contribution in [3.8, 4) is 0 Å². The molecular formula is C13H24N2OS. The first-order chi connectivity index (χ1) is 8.24. The minimum atomic E-state index is 0.377. The molecule has 2 aliphatic heterocycles. The summed E-state index contributed by atoms with van der Waals surface area (Å²) in [5.41, 5.74) is 0. The van der Waals surface area contributed by atoms with Crippen LogP contribution in [0.1, 0.15) is 32.1 Å². The second-order valence-electron chi connectivity index (χ2n) is 5.23. The minimum Gasteiger partial charge on any atom is -0.338 e. The van der Waals surface area contributed by atoms with Gasteiger partial charge in [-0.05, 0) is 45.5 Å². The third-order valence-corrected chi connectivity index (χ3v) is 4.77. The highest BCUT2D eigenvalue weighted by atomic mass is 32.2. The molecule has 0 radical (unpaired) electrons. The fourth-order valence-corrected chi connectivity index (χ4v) is 3.64. The Morgan fingerprint density at radius 3 is 2.59 bits per heavy atom. The molecule has 2 heterocycles. The molecule has 4 heteroatoms. The van der Waals surface area contributed by atoms with Crippen molar-refractivity contribution >= 4 is 17.7 Å². The molecule has 3 nitrogen and oxygen atoms in total. The molecule has 1 amide bonds. The van der Waals surface area contributed by atoms with Crippen molar-refractivity contribution in [2.75, 3.05) is 32.1 Å². The Labute approximate surface area is 109 Å². The zero-order valence-electron chi connectivity index (χ0n) is 11.0. The van der Waals surface area contributed by atoms with E-state index in [4.69, 9.17) is 0 Å². The topological polar surface area (TPSA) is 23.6 Å². The van der Waals surface area contributed by atoms with Crippen molar-refractivity contribution < 1.29 is 4.79 Å². The Bertz CT molecular complexity index is 272. The van der Waals surface area contributed by atoms with Crippen LogP contribution in [0.2, 0.25) is 0 Å². The number of hydrogen-bond donors (Lipinski definition) is 0. The maximum atomic E-state index is 12.2. The molecule has 0 aromatic carbocycles. The van der Waals surface area contributed by atoms with Crippen LogP contribution in [0.4, 0.5) is 0 Å². The Hall–Kier alpha value is -0.220. The maximum absolute atomic E-state index is 12.2. The predicted molar refractivity (Wildman–Crippen MR) is 73.4 cm³/mol. The molecule has 0 spiro atoms. The van der Waals surface area contributed by atoms with Gasteiger partial charge in [0.1, 0.15) is 0 Å². The molecular weight excluding hydrogens is 232 g/mol. The number of carbonyl (C=O) groups excluding carboxylic acids is 1. The lowest BCUT2D eigenvalue weighted by atomic mass is 10.0. The van der Waals surface area contributed by atoms with Gasteiger partial charge >= 0.3 is 0 Å². The summed E-state index contributed by atoms with van der Waals surface area (Å²) in [5.74, 6) is 1.34. The molecule has 0 aromatic heterocycles. The average molecular weight is 256 g/mol. The Balaban J connectivity index is 1.94. The van der Waals surface area contributed by atoms with Gasteiger partial charge in [0.05, 0.1) is 0 Å². The quantitative estimate of drug-likeness (QED) is 0.766. The van der Waals surface area contributed by atoms with Crippen LogP contribution in [-0.2, 0) is 4.79 Å². The molecule has 0 unspecified atom stereocenters. The smallest absolute Gasteiger partial charge is 0.223 e. The summed E-state index contributed by atoms with van der Waals surface area (Å²) >= 11 is 1.76. The maximum Gasteiger partial charge on any atom is 0.223 e. The van der Waals surface area contributed by atoms with Crippen LogP contribution in [0.5, 0.6) is 0 Å². The van der Waals surface area contributed by atoms with Gasteiger partial charge in [-0.25, -0.2) is 0 Å². The van der Waals surface area contributed by atoms with E-state index in [1.807, 2.05) is 0 Å². The van der Waals surface area contributed by atoms with Gasteiger partial charge in [0, 0.05) is 30.8 Å². The lowest BCUT2D eigenvalue weighted by molar-refractivity contribution is -0.132. The van der Waals surface area contributed by atoms with E-state index in [0.29, 0.717) is 24.4 Å². The largest absolute Gasteiger partial charge is 0.338 e. The molecule has 2 rings (SSSR count). The monoisotopic (exact) mass is 256 g/mol. The van der Waals surface area contributed by atoms with Gasteiger partial charge in [0.2, 0.25) is 5.91 Å². The molecule has 0 aliphatic carbocycles. The van der Waals surface area contributed by atoms with Crippen LogP contribution in [-0.4, -0.2) is 59.9 Å². The van der Waals surface area contributed by atoms with Crippen LogP contribution >= 0.6 is 11.8 Å². The van der Waals surface area contributed by atoms with Gasteiger partial charge in [-0.2, -0.15) is 11.8 Å². The van der Waals surface area contributed by atoms with Gasteiger partial charge in [0.15, 0.2) is 0 Å². The van der Waals surface area contributed by atoms with E-state index < -0.39 is 0 Å². The number of likely N-dealkylation sites (N-methyl/N-ethyl adjacent to an activating group) is 1. The van der Waals surface area contributed by atoms with Crippen molar-refractivity contribution in [3.63, 3.8) is 0 Å². The van der Waals surface area contributed by atoms with Crippen LogP contribution < -0.4 is 0 Å². The van der Waals surface area contributed by atoms with Crippen LogP contribution in [0.15, 0.2) is 0 Å². The van der Waals surface area contributed by atoms with Crippen LogP contribution in [0, 0.1) is 0 Å². The Morgan fingerprint density at radius 2 is 1.94 bits per heavy atom. The summed E-state index contributed by atoms with van der Waals surface area (Å²) < 4.78 is 0. The second-order valence-corrected chi connectivity index (χ2v) is 6.22. The van der Waals surface area contributed by atoms with E-state index in [9.17, 15) is 4.79 Å². The summed E-state index contributed by atoms with van der Waals surface area (Å²) in [6.45, 7) is 2.19. The number of thioether (sulfide) groups is 1. The summed E-state index contributed by atoms with van der Waals surface area (Å²) in [5, 5.41) is 0. The third kappa shape index (κ3) is 2.97. The van der Waals surface area contributed by atoms with Crippen molar-refractivity contribution in [2.45, 2.75) is 44.2 Å². The zero-order chi connectivity index (χ0) is 12.3. The number of nitrogens with zero attached hydrogens (tertiary/aromatic N) is 2. The highest BCUT2D eigenvalue weighted by molar-refractivity contribution is 7.98. The first-order valence-electron chi connectivity index (χ1n) is 6.72. The number of likely N-dealkylation sites (tertiary alicyclic amines) is 2. The molecule has 2 atom stereocenters. The van der Waals surface area contributed by atoms with E-state index in [1.54, 1.807) is 11.8 Å².